The molecule has 0 spiro atoms. The van der Waals surface area contributed by atoms with Gasteiger partial charge in [-0.05, 0) is 31.5 Å². The van der Waals surface area contributed by atoms with E-state index in [0.717, 1.165) is 22.3 Å². The van der Waals surface area contributed by atoms with Gasteiger partial charge in [0.15, 0.2) is 5.65 Å². The van der Waals surface area contributed by atoms with E-state index in [-0.39, 0.29) is 10.9 Å². The molecule has 1 aliphatic heterocycles. The summed E-state index contributed by atoms with van der Waals surface area (Å²) in [5.74, 6) is 0. The Morgan fingerprint density at radius 2 is 1.93 bits per heavy atom. The third kappa shape index (κ3) is 2.89. The van der Waals surface area contributed by atoms with Crippen LogP contribution in [0.3, 0.4) is 0 Å². The Kier molecular flexibility index (Phi) is 4.20. The second-order valence-electron chi connectivity index (χ2n) is 7.16. The van der Waals surface area contributed by atoms with Gasteiger partial charge in [0, 0.05) is 50.5 Å². The quantitative estimate of drug-likeness (QED) is 0.677. The van der Waals surface area contributed by atoms with E-state index in [1.54, 1.807) is 22.1 Å². The zero-order valence-electron chi connectivity index (χ0n) is 15.9. The third-order valence-electron chi connectivity index (χ3n) is 5.20. The summed E-state index contributed by atoms with van der Waals surface area (Å²) in [6.45, 7) is 4.77. The molecule has 0 aliphatic carbocycles. The monoisotopic (exact) mass is 385 g/mol. The lowest BCUT2D eigenvalue weighted by atomic mass is 10.1. The number of likely N-dealkylation sites (N-methyl/N-ethyl adjacent to an activating group) is 1. The number of rotatable bonds is 2. The first kappa shape index (κ1) is 17.9. The Bertz CT molecular complexity index is 1120. The van der Waals surface area contributed by atoms with Crippen molar-refractivity contribution in [3.63, 3.8) is 0 Å². The second-order valence-corrected chi connectivity index (χ2v) is 9.05. The molecule has 1 unspecified atom stereocenters. The van der Waals surface area contributed by atoms with E-state index in [2.05, 4.69) is 15.0 Å². The largest absolute Gasteiger partial charge is 0.373 e. The lowest BCUT2D eigenvalue weighted by molar-refractivity contribution is 0.340. The SMILES string of the molecule is Cc1nn(C)c2ncc(S(=O)(=O)N3Cc4ccccc4N(C)CC3C)cc12. The molecule has 2 aromatic heterocycles. The predicted octanol–water partition coefficient (Wildman–Crippen LogP) is 2.31. The number of para-hydroxylation sites is 1. The van der Waals surface area contributed by atoms with Gasteiger partial charge < -0.3 is 4.90 Å². The van der Waals surface area contributed by atoms with Gasteiger partial charge in [0.25, 0.3) is 0 Å². The Balaban J connectivity index is 1.80. The average Bonchev–Trinajstić information content (AvgIpc) is 2.85. The molecule has 0 saturated carbocycles. The summed E-state index contributed by atoms with van der Waals surface area (Å²) in [4.78, 5) is 6.68. The van der Waals surface area contributed by atoms with Crippen LogP contribution in [0.1, 0.15) is 18.2 Å². The van der Waals surface area contributed by atoms with E-state index in [9.17, 15) is 8.42 Å². The van der Waals surface area contributed by atoms with Crippen LogP contribution < -0.4 is 4.90 Å². The van der Waals surface area contributed by atoms with Crippen molar-refractivity contribution in [2.75, 3.05) is 18.5 Å². The minimum atomic E-state index is -3.69. The number of hydrogen-bond acceptors (Lipinski definition) is 5. The molecular weight excluding hydrogens is 362 g/mol. The number of aromatic nitrogens is 3. The lowest BCUT2D eigenvalue weighted by Gasteiger charge is -2.27. The summed E-state index contributed by atoms with van der Waals surface area (Å²) in [5.41, 5.74) is 3.52. The maximum absolute atomic E-state index is 13.5. The van der Waals surface area contributed by atoms with Crippen molar-refractivity contribution >= 4 is 26.7 Å². The summed E-state index contributed by atoms with van der Waals surface area (Å²) in [7, 11) is 0.111. The minimum Gasteiger partial charge on any atom is -0.373 e. The normalized spacial score (nSPS) is 18.5. The van der Waals surface area contributed by atoms with Crippen LogP contribution in [0.2, 0.25) is 0 Å². The summed E-state index contributed by atoms with van der Waals surface area (Å²) < 4.78 is 30.2. The molecule has 3 aromatic rings. The highest BCUT2D eigenvalue weighted by Crippen LogP contribution is 2.30. The van der Waals surface area contributed by atoms with Gasteiger partial charge in [-0.1, -0.05) is 18.2 Å². The van der Waals surface area contributed by atoms with E-state index in [4.69, 9.17) is 0 Å². The maximum Gasteiger partial charge on any atom is 0.245 e. The van der Waals surface area contributed by atoms with Crippen molar-refractivity contribution in [3.05, 3.63) is 47.8 Å². The second kappa shape index (κ2) is 6.31. The average molecular weight is 385 g/mol. The van der Waals surface area contributed by atoms with Gasteiger partial charge in [0.05, 0.1) is 5.69 Å². The molecule has 1 atom stereocenters. The van der Waals surface area contributed by atoms with Crippen molar-refractivity contribution in [3.8, 4) is 0 Å². The van der Waals surface area contributed by atoms with Crippen LogP contribution in [0.4, 0.5) is 5.69 Å². The Morgan fingerprint density at radius 1 is 1.19 bits per heavy atom. The highest BCUT2D eigenvalue weighted by molar-refractivity contribution is 7.89. The molecule has 7 nitrogen and oxygen atoms in total. The first-order chi connectivity index (χ1) is 12.8. The fourth-order valence-corrected chi connectivity index (χ4v) is 5.39. The van der Waals surface area contributed by atoms with Crippen molar-refractivity contribution in [1.29, 1.82) is 0 Å². The number of anilines is 1. The van der Waals surface area contributed by atoms with Crippen molar-refractivity contribution in [2.45, 2.75) is 31.3 Å². The van der Waals surface area contributed by atoms with Crippen LogP contribution in [0.15, 0.2) is 41.4 Å². The predicted molar refractivity (Wildman–Crippen MR) is 105 cm³/mol. The molecule has 27 heavy (non-hydrogen) atoms. The van der Waals surface area contributed by atoms with Gasteiger partial charge in [-0.3, -0.25) is 4.68 Å². The standard InChI is InChI=1S/C19H23N5O2S/c1-13-11-22(3)18-8-6-5-7-15(18)12-24(13)27(25,26)16-9-17-14(2)21-23(4)19(17)20-10-16/h5-10,13H,11-12H2,1-4H3. The van der Waals surface area contributed by atoms with Gasteiger partial charge in [-0.25, -0.2) is 13.4 Å². The maximum atomic E-state index is 13.5. The number of fused-ring (bicyclic) bond motifs is 2. The van der Waals surface area contributed by atoms with Gasteiger partial charge in [-0.15, -0.1) is 0 Å². The molecule has 3 heterocycles. The first-order valence-corrected chi connectivity index (χ1v) is 10.3. The lowest BCUT2D eigenvalue weighted by Crippen LogP contribution is -2.41. The van der Waals surface area contributed by atoms with Gasteiger partial charge >= 0.3 is 0 Å². The number of aryl methyl sites for hydroxylation is 2. The summed E-state index contributed by atoms with van der Waals surface area (Å²) in [6.07, 6.45) is 1.44. The van der Waals surface area contributed by atoms with Gasteiger partial charge in [0.1, 0.15) is 4.90 Å². The molecule has 0 fully saturated rings. The van der Waals surface area contributed by atoms with Crippen molar-refractivity contribution < 1.29 is 8.42 Å². The van der Waals surface area contributed by atoms with Crippen molar-refractivity contribution in [1.82, 2.24) is 19.1 Å². The number of pyridine rings is 1. The molecule has 1 aliphatic rings. The number of benzene rings is 1. The molecule has 4 rings (SSSR count). The summed E-state index contributed by atoms with van der Waals surface area (Å²) in [6, 6.07) is 9.46. The molecular formula is C19H23N5O2S. The van der Waals surface area contributed by atoms with E-state index in [1.807, 2.05) is 45.2 Å². The Hall–Kier alpha value is -2.45. The molecule has 0 radical (unpaired) electrons. The van der Waals surface area contributed by atoms with E-state index < -0.39 is 10.0 Å². The molecule has 0 N–H and O–H groups in total. The van der Waals surface area contributed by atoms with Gasteiger partial charge in [-0.2, -0.15) is 9.40 Å². The molecule has 0 saturated heterocycles. The topological polar surface area (TPSA) is 71.3 Å². The van der Waals surface area contributed by atoms with Crippen molar-refractivity contribution in [2.24, 2.45) is 7.05 Å². The van der Waals surface area contributed by atoms with Crippen LogP contribution in [-0.2, 0) is 23.6 Å². The summed E-state index contributed by atoms with van der Waals surface area (Å²) >= 11 is 0. The zero-order valence-corrected chi connectivity index (χ0v) is 16.7. The first-order valence-electron chi connectivity index (χ1n) is 8.89. The molecule has 142 valence electrons. The zero-order chi connectivity index (χ0) is 19.3. The van der Waals surface area contributed by atoms with Crippen LogP contribution in [0, 0.1) is 6.92 Å². The Morgan fingerprint density at radius 3 is 2.70 bits per heavy atom. The van der Waals surface area contributed by atoms with E-state index in [0.29, 0.717) is 18.7 Å². The third-order valence-corrected chi connectivity index (χ3v) is 7.13. The van der Waals surface area contributed by atoms with Crippen LogP contribution in [0.5, 0.6) is 0 Å². The molecule has 0 amide bonds. The Labute approximate surface area is 159 Å². The van der Waals surface area contributed by atoms with Crippen LogP contribution >= 0.6 is 0 Å². The smallest absolute Gasteiger partial charge is 0.245 e. The van der Waals surface area contributed by atoms with Crippen LogP contribution in [-0.4, -0.2) is 47.1 Å². The molecule has 1 aromatic carbocycles. The van der Waals surface area contributed by atoms with E-state index in [1.165, 1.54) is 6.20 Å². The highest BCUT2D eigenvalue weighted by Gasteiger charge is 2.33. The summed E-state index contributed by atoms with van der Waals surface area (Å²) in [5, 5.41) is 5.10. The number of sulfonamides is 1. The fourth-order valence-electron chi connectivity index (χ4n) is 3.81. The fraction of sp³-hybridized carbons (Fsp3) is 0.368. The highest BCUT2D eigenvalue weighted by atomic mass is 32.2. The molecule has 0 bridgehead atoms. The number of hydrogen-bond donors (Lipinski definition) is 0. The van der Waals surface area contributed by atoms with Gasteiger partial charge in [0.2, 0.25) is 10.0 Å². The minimum absolute atomic E-state index is 0.168. The van der Waals surface area contributed by atoms with Crippen LogP contribution in [0.25, 0.3) is 11.0 Å². The number of nitrogens with zero attached hydrogens (tertiary/aromatic N) is 5. The molecule has 8 heteroatoms. The van der Waals surface area contributed by atoms with E-state index >= 15 is 0 Å².